The van der Waals surface area contributed by atoms with Crippen LogP contribution in [0.1, 0.15) is 63.9 Å². The van der Waals surface area contributed by atoms with Crippen molar-refractivity contribution in [2.75, 3.05) is 17.7 Å². The van der Waals surface area contributed by atoms with Gasteiger partial charge in [-0.2, -0.15) is 23.5 Å². The predicted octanol–water partition coefficient (Wildman–Crippen LogP) is 6.62. The zero-order valence-corrected chi connectivity index (χ0v) is 22.4. The number of thiophene rings is 1. The minimum atomic E-state index is -4.59. The van der Waals surface area contributed by atoms with Crippen LogP contribution in [0.5, 0.6) is 5.75 Å². The van der Waals surface area contributed by atoms with Gasteiger partial charge in [0.2, 0.25) is 0 Å². The summed E-state index contributed by atoms with van der Waals surface area (Å²) in [6.07, 6.45) is -2.33. The molecule has 1 aliphatic heterocycles. The Morgan fingerprint density at radius 3 is 2.73 bits per heavy atom. The first-order valence-corrected chi connectivity index (χ1v) is 13.3. The standard InChI is InChI=1S/C25H23BrF3N5O2S/c1-12-3-8-15-16(11-30)24(37-18(15)9-12)32-23(35)21-20(26)22-31-17(13-4-6-14(36-2)7-5-13)10-19(25(27,28)29)34(22)33-21/h4-7,12,17,19,31H,3,8-10H2,1-2H3,(H,32,35)/t12-,17-,19+/m0/s1. The van der Waals surface area contributed by atoms with Crippen molar-refractivity contribution in [1.82, 2.24) is 9.78 Å². The van der Waals surface area contributed by atoms with E-state index in [4.69, 9.17) is 4.74 Å². The smallest absolute Gasteiger partial charge is 0.410 e. The fourth-order valence-electron chi connectivity index (χ4n) is 4.91. The maximum absolute atomic E-state index is 14.1. The number of aromatic nitrogens is 2. The van der Waals surface area contributed by atoms with Gasteiger partial charge in [-0.1, -0.05) is 19.1 Å². The average molecular weight is 594 g/mol. The number of benzene rings is 1. The molecule has 3 aromatic rings. The predicted molar refractivity (Wildman–Crippen MR) is 137 cm³/mol. The molecule has 1 aromatic carbocycles. The Kier molecular flexibility index (Phi) is 6.70. The van der Waals surface area contributed by atoms with Crippen LogP contribution in [-0.2, 0) is 12.8 Å². The number of nitrogens with zero attached hydrogens (tertiary/aromatic N) is 3. The first kappa shape index (κ1) is 25.6. The summed E-state index contributed by atoms with van der Waals surface area (Å²) in [7, 11) is 1.52. The van der Waals surface area contributed by atoms with Crippen molar-refractivity contribution in [3.05, 3.63) is 56.0 Å². The van der Waals surface area contributed by atoms with Crippen molar-refractivity contribution in [1.29, 1.82) is 5.26 Å². The Morgan fingerprint density at radius 1 is 1.35 bits per heavy atom. The van der Waals surface area contributed by atoms with Gasteiger partial charge in [0, 0.05) is 11.3 Å². The van der Waals surface area contributed by atoms with Gasteiger partial charge in [0.05, 0.1) is 23.2 Å². The van der Waals surface area contributed by atoms with E-state index in [9.17, 15) is 23.2 Å². The van der Waals surface area contributed by atoms with Crippen LogP contribution in [0.25, 0.3) is 0 Å². The maximum Gasteiger partial charge on any atom is 0.410 e. The highest BCUT2D eigenvalue weighted by Gasteiger charge is 2.48. The van der Waals surface area contributed by atoms with Gasteiger partial charge in [-0.05, 0) is 64.4 Å². The normalized spacial score (nSPS) is 20.8. The van der Waals surface area contributed by atoms with Crippen LogP contribution < -0.4 is 15.4 Å². The minimum Gasteiger partial charge on any atom is -0.497 e. The summed E-state index contributed by atoms with van der Waals surface area (Å²) in [4.78, 5) is 14.3. The molecule has 2 aromatic heterocycles. The van der Waals surface area contributed by atoms with Gasteiger partial charge in [0.1, 0.15) is 22.6 Å². The molecule has 0 saturated heterocycles. The van der Waals surface area contributed by atoms with Gasteiger partial charge < -0.3 is 15.4 Å². The molecule has 5 rings (SSSR count). The number of alkyl halides is 3. The number of methoxy groups -OCH3 is 1. The Bertz CT molecular complexity index is 1390. The van der Waals surface area contributed by atoms with E-state index < -0.39 is 24.2 Å². The molecule has 1 amide bonds. The third-order valence-corrected chi connectivity index (χ3v) is 8.80. The molecule has 37 heavy (non-hydrogen) atoms. The summed E-state index contributed by atoms with van der Waals surface area (Å²) in [5, 5.41) is 20.1. The zero-order valence-electron chi connectivity index (χ0n) is 19.9. The molecule has 0 radical (unpaired) electrons. The second-order valence-corrected chi connectivity index (χ2v) is 11.2. The van der Waals surface area contributed by atoms with Crippen LogP contribution in [0.2, 0.25) is 0 Å². The first-order valence-electron chi connectivity index (χ1n) is 11.7. The molecule has 0 bridgehead atoms. The first-order chi connectivity index (χ1) is 17.6. The Balaban J connectivity index is 1.47. The van der Waals surface area contributed by atoms with Crippen LogP contribution >= 0.6 is 27.3 Å². The van der Waals surface area contributed by atoms with E-state index >= 15 is 0 Å². The lowest BCUT2D eigenvalue weighted by Gasteiger charge is -2.33. The van der Waals surface area contributed by atoms with E-state index in [1.165, 1.54) is 18.4 Å². The van der Waals surface area contributed by atoms with E-state index in [0.717, 1.165) is 34.4 Å². The van der Waals surface area contributed by atoms with E-state index in [2.05, 4.69) is 44.7 Å². The quantitative estimate of drug-likeness (QED) is 0.354. The number of nitrogens with one attached hydrogen (secondary N) is 2. The lowest BCUT2D eigenvalue weighted by Crippen LogP contribution is -2.35. The summed E-state index contributed by atoms with van der Waals surface area (Å²) < 4.78 is 48.5. The highest BCUT2D eigenvalue weighted by Crippen LogP contribution is 2.47. The van der Waals surface area contributed by atoms with Gasteiger partial charge in [0.25, 0.3) is 5.91 Å². The van der Waals surface area contributed by atoms with Crippen molar-refractivity contribution in [2.24, 2.45) is 5.92 Å². The third-order valence-electron chi connectivity index (χ3n) is 6.88. The molecular formula is C25H23BrF3N5O2S. The Hall–Kier alpha value is -3.04. The second-order valence-electron chi connectivity index (χ2n) is 9.34. The van der Waals surface area contributed by atoms with Crippen molar-refractivity contribution >= 4 is 44.0 Å². The average Bonchev–Trinajstić information content (AvgIpc) is 3.39. The van der Waals surface area contributed by atoms with Gasteiger partial charge in [-0.25, -0.2) is 4.68 Å². The van der Waals surface area contributed by atoms with E-state index in [1.54, 1.807) is 24.3 Å². The highest BCUT2D eigenvalue weighted by atomic mass is 79.9. The molecule has 0 fully saturated rings. The summed E-state index contributed by atoms with van der Waals surface area (Å²) in [6, 6.07) is 6.39. The number of hydrogen-bond acceptors (Lipinski definition) is 6. The van der Waals surface area contributed by atoms with Gasteiger partial charge in [-0.15, -0.1) is 11.3 Å². The molecule has 3 heterocycles. The number of amides is 1. The third kappa shape index (κ3) is 4.70. The Morgan fingerprint density at radius 2 is 2.08 bits per heavy atom. The van der Waals surface area contributed by atoms with Gasteiger partial charge in [0.15, 0.2) is 11.7 Å². The molecule has 0 unspecified atom stereocenters. The fraction of sp³-hybridized carbons (Fsp3) is 0.400. The SMILES string of the molecule is COc1ccc([C@@H]2C[C@H](C(F)(F)F)n3nc(C(=O)Nc4sc5c(c4C#N)CC[C@H](C)C5)c(Br)c3N2)cc1. The molecular weight excluding hydrogens is 571 g/mol. The number of carbonyl (C=O) groups is 1. The van der Waals surface area contributed by atoms with Gasteiger partial charge in [-0.3, -0.25) is 4.79 Å². The fourth-order valence-corrected chi connectivity index (χ4v) is 6.82. The molecule has 0 saturated carbocycles. The molecule has 0 spiro atoms. The van der Waals surface area contributed by atoms with Crippen LogP contribution in [0.4, 0.5) is 24.0 Å². The van der Waals surface area contributed by atoms with Crippen LogP contribution in [0, 0.1) is 17.2 Å². The number of carbonyl (C=O) groups excluding carboxylic acids is 1. The second kappa shape index (κ2) is 9.68. The number of nitriles is 1. The number of fused-ring (bicyclic) bond motifs is 2. The number of ether oxygens (including phenoxy) is 1. The van der Waals surface area contributed by atoms with Crippen molar-refractivity contribution in [3.8, 4) is 11.8 Å². The lowest BCUT2D eigenvalue weighted by molar-refractivity contribution is -0.173. The van der Waals surface area contributed by atoms with Crippen molar-refractivity contribution in [3.63, 3.8) is 0 Å². The summed E-state index contributed by atoms with van der Waals surface area (Å²) in [6.45, 7) is 2.14. The lowest BCUT2D eigenvalue weighted by atomic mass is 9.89. The molecule has 194 valence electrons. The summed E-state index contributed by atoms with van der Waals surface area (Å²) in [5.74, 6) is 0.470. The van der Waals surface area contributed by atoms with Crippen LogP contribution in [0.3, 0.4) is 0 Å². The van der Waals surface area contributed by atoms with E-state index in [-0.39, 0.29) is 22.4 Å². The Labute approximate surface area is 223 Å². The molecule has 2 N–H and O–H groups in total. The summed E-state index contributed by atoms with van der Waals surface area (Å²) in [5.41, 5.74) is 1.84. The van der Waals surface area contributed by atoms with Gasteiger partial charge >= 0.3 is 6.18 Å². The molecule has 1 aliphatic carbocycles. The van der Waals surface area contributed by atoms with Crippen molar-refractivity contribution < 1.29 is 22.7 Å². The largest absolute Gasteiger partial charge is 0.497 e. The highest BCUT2D eigenvalue weighted by molar-refractivity contribution is 9.10. The van der Waals surface area contributed by atoms with Crippen LogP contribution in [-0.4, -0.2) is 29.0 Å². The molecule has 3 atom stereocenters. The molecule has 2 aliphatic rings. The number of halogens is 4. The van der Waals surface area contributed by atoms with Crippen LogP contribution in [0.15, 0.2) is 28.7 Å². The minimum absolute atomic E-state index is 0.0688. The summed E-state index contributed by atoms with van der Waals surface area (Å²) >= 11 is 4.66. The topological polar surface area (TPSA) is 92.0 Å². The monoisotopic (exact) mass is 593 g/mol. The number of anilines is 2. The molecule has 12 heteroatoms. The maximum atomic E-state index is 14.1. The van der Waals surface area contributed by atoms with E-state index in [1.807, 2.05) is 0 Å². The number of rotatable bonds is 4. The number of hydrogen-bond donors (Lipinski definition) is 2. The zero-order chi connectivity index (χ0) is 26.5. The van der Waals surface area contributed by atoms with Crippen molar-refractivity contribution in [2.45, 2.75) is 50.9 Å². The van der Waals surface area contributed by atoms with E-state index in [0.29, 0.717) is 27.8 Å². The molecule has 7 nitrogen and oxygen atoms in total.